The third-order valence-corrected chi connectivity index (χ3v) is 3.23. The SMILES string of the molecule is COc1cc2nccn2cc1SC(C)(C)C. The first kappa shape index (κ1) is 11.3. The number of hydrogen-bond donors (Lipinski definition) is 0. The Morgan fingerprint density at radius 1 is 1.38 bits per heavy atom. The van der Waals surface area contributed by atoms with Crippen molar-refractivity contribution >= 4 is 17.4 Å². The summed E-state index contributed by atoms with van der Waals surface area (Å²) in [6.45, 7) is 6.57. The van der Waals surface area contributed by atoms with E-state index in [0.29, 0.717) is 0 Å². The van der Waals surface area contributed by atoms with Crippen LogP contribution in [0.25, 0.3) is 5.65 Å². The van der Waals surface area contributed by atoms with E-state index < -0.39 is 0 Å². The van der Waals surface area contributed by atoms with Crippen molar-refractivity contribution in [3.8, 4) is 5.75 Å². The topological polar surface area (TPSA) is 26.5 Å². The monoisotopic (exact) mass is 236 g/mol. The quantitative estimate of drug-likeness (QED) is 0.749. The summed E-state index contributed by atoms with van der Waals surface area (Å²) in [5.41, 5.74) is 0.912. The summed E-state index contributed by atoms with van der Waals surface area (Å²) in [4.78, 5) is 5.38. The van der Waals surface area contributed by atoms with Gasteiger partial charge in [0.25, 0.3) is 0 Å². The van der Waals surface area contributed by atoms with Gasteiger partial charge in [0.15, 0.2) is 0 Å². The molecule has 0 aliphatic carbocycles. The van der Waals surface area contributed by atoms with E-state index in [-0.39, 0.29) is 4.75 Å². The van der Waals surface area contributed by atoms with Gasteiger partial charge in [-0.15, -0.1) is 11.8 Å². The maximum absolute atomic E-state index is 5.39. The average molecular weight is 236 g/mol. The highest BCUT2D eigenvalue weighted by Gasteiger charge is 2.16. The van der Waals surface area contributed by atoms with Gasteiger partial charge in [-0.1, -0.05) is 20.8 Å². The van der Waals surface area contributed by atoms with Crippen LogP contribution < -0.4 is 4.74 Å². The summed E-state index contributed by atoms with van der Waals surface area (Å²) >= 11 is 1.80. The van der Waals surface area contributed by atoms with Crippen molar-refractivity contribution in [3.05, 3.63) is 24.7 Å². The number of hydrogen-bond acceptors (Lipinski definition) is 3. The first-order valence-electron chi connectivity index (χ1n) is 5.19. The van der Waals surface area contributed by atoms with E-state index in [1.54, 1.807) is 25.1 Å². The standard InChI is InChI=1S/C12H16N2OS/c1-12(2,3)16-10-8-14-6-5-13-11(14)7-9(10)15-4/h5-8H,1-4H3. The summed E-state index contributed by atoms with van der Waals surface area (Å²) in [5.74, 6) is 0.888. The molecule has 0 aliphatic heterocycles. The Balaban J connectivity index is 2.48. The highest BCUT2D eigenvalue weighted by molar-refractivity contribution is 8.00. The van der Waals surface area contributed by atoms with Gasteiger partial charge in [-0.2, -0.15) is 0 Å². The van der Waals surface area contributed by atoms with Gasteiger partial charge in [0.2, 0.25) is 0 Å². The molecule has 0 saturated carbocycles. The highest BCUT2D eigenvalue weighted by atomic mass is 32.2. The number of thioether (sulfide) groups is 1. The second-order valence-electron chi connectivity index (χ2n) is 4.61. The molecule has 0 N–H and O–H groups in total. The predicted octanol–water partition coefficient (Wildman–Crippen LogP) is 3.23. The number of fused-ring (bicyclic) bond motifs is 1. The zero-order valence-electron chi connectivity index (χ0n) is 10.0. The Morgan fingerprint density at radius 2 is 2.12 bits per heavy atom. The van der Waals surface area contributed by atoms with Crippen molar-refractivity contribution < 1.29 is 4.74 Å². The van der Waals surface area contributed by atoms with E-state index in [1.165, 1.54) is 0 Å². The molecule has 0 fully saturated rings. The number of ether oxygens (including phenoxy) is 1. The summed E-state index contributed by atoms with van der Waals surface area (Å²) in [6.07, 6.45) is 5.80. The number of nitrogens with zero attached hydrogens (tertiary/aromatic N) is 2. The fraction of sp³-hybridized carbons (Fsp3) is 0.417. The maximum Gasteiger partial charge on any atom is 0.140 e. The molecule has 2 rings (SSSR count). The molecule has 2 aromatic heterocycles. The molecule has 0 bridgehead atoms. The van der Waals surface area contributed by atoms with Crippen molar-refractivity contribution in [3.63, 3.8) is 0 Å². The Bertz CT molecular complexity index is 499. The number of pyridine rings is 1. The number of aromatic nitrogens is 2. The van der Waals surface area contributed by atoms with Crippen LogP contribution in [0.1, 0.15) is 20.8 Å². The lowest BCUT2D eigenvalue weighted by molar-refractivity contribution is 0.404. The largest absolute Gasteiger partial charge is 0.495 e. The zero-order valence-corrected chi connectivity index (χ0v) is 10.8. The van der Waals surface area contributed by atoms with Crippen LogP contribution in [0.4, 0.5) is 0 Å². The molecule has 3 nitrogen and oxygen atoms in total. The molecule has 2 aromatic rings. The minimum absolute atomic E-state index is 0.168. The van der Waals surface area contributed by atoms with E-state index in [2.05, 4.69) is 32.0 Å². The van der Waals surface area contributed by atoms with Gasteiger partial charge in [0.05, 0.1) is 12.0 Å². The van der Waals surface area contributed by atoms with E-state index >= 15 is 0 Å². The third kappa shape index (κ3) is 2.32. The number of methoxy groups -OCH3 is 1. The van der Waals surface area contributed by atoms with Crippen molar-refractivity contribution in [1.82, 2.24) is 9.38 Å². The molecule has 0 amide bonds. The van der Waals surface area contributed by atoms with E-state index in [0.717, 1.165) is 16.3 Å². The first-order valence-corrected chi connectivity index (χ1v) is 6.01. The molecular weight excluding hydrogens is 220 g/mol. The number of imidazole rings is 1. The molecule has 0 saturated heterocycles. The van der Waals surface area contributed by atoms with Crippen molar-refractivity contribution in [2.45, 2.75) is 30.4 Å². The van der Waals surface area contributed by atoms with Crippen LogP contribution in [0.15, 0.2) is 29.6 Å². The van der Waals surface area contributed by atoms with Crippen LogP contribution in [-0.4, -0.2) is 21.2 Å². The minimum atomic E-state index is 0.168. The lowest BCUT2D eigenvalue weighted by atomic mass is 10.3. The molecule has 16 heavy (non-hydrogen) atoms. The van der Waals surface area contributed by atoms with Gasteiger partial charge >= 0.3 is 0 Å². The Kier molecular flexibility index (Phi) is 2.84. The molecule has 0 radical (unpaired) electrons. The summed E-state index contributed by atoms with van der Waals surface area (Å²) in [6, 6.07) is 1.97. The second kappa shape index (κ2) is 4.01. The third-order valence-electron chi connectivity index (χ3n) is 2.09. The van der Waals surface area contributed by atoms with Crippen LogP contribution in [0.2, 0.25) is 0 Å². The van der Waals surface area contributed by atoms with Crippen LogP contribution in [0.3, 0.4) is 0 Å². The minimum Gasteiger partial charge on any atom is -0.495 e. The average Bonchev–Trinajstić information content (AvgIpc) is 2.60. The zero-order chi connectivity index (χ0) is 11.8. The van der Waals surface area contributed by atoms with Crippen LogP contribution in [0.5, 0.6) is 5.75 Å². The fourth-order valence-electron chi connectivity index (χ4n) is 1.49. The normalized spacial score (nSPS) is 12.0. The van der Waals surface area contributed by atoms with Gasteiger partial charge in [-0.05, 0) is 0 Å². The molecule has 0 unspecified atom stereocenters. The summed E-state index contributed by atoms with van der Waals surface area (Å²) < 4.78 is 7.57. The molecule has 86 valence electrons. The van der Waals surface area contributed by atoms with Gasteiger partial charge in [-0.3, -0.25) is 0 Å². The molecule has 4 heteroatoms. The lowest BCUT2D eigenvalue weighted by Crippen LogP contribution is -2.07. The summed E-state index contributed by atoms with van der Waals surface area (Å²) in [5, 5.41) is 0. The van der Waals surface area contributed by atoms with Crippen molar-refractivity contribution in [1.29, 1.82) is 0 Å². The molecule has 0 atom stereocenters. The van der Waals surface area contributed by atoms with Gasteiger partial charge in [0.1, 0.15) is 11.4 Å². The maximum atomic E-state index is 5.39. The Hall–Kier alpha value is -1.16. The van der Waals surface area contributed by atoms with Gasteiger partial charge in [-0.25, -0.2) is 4.98 Å². The molecule has 2 heterocycles. The fourth-order valence-corrected chi connectivity index (χ4v) is 2.56. The Morgan fingerprint density at radius 3 is 2.75 bits per heavy atom. The smallest absolute Gasteiger partial charge is 0.140 e. The predicted molar refractivity (Wildman–Crippen MR) is 67.4 cm³/mol. The molecule has 0 spiro atoms. The Labute approximate surface area is 99.8 Å². The van der Waals surface area contributed by atoms with Gasteiger partial charge in [0, 0.05) is 29.4 Å². The molecule has 0 aliphatic rings. The van der Waals surface area contributed by atoms with Gasteiger partial charge < -0.3 is 9.14 Å². The van der Waals surface area contributed by atoms with Crippen molar-refractivity contribution in [2.24, 2.45) is 0 Å². The lowest BCUT2D eigenvalue weighted by Gasteiger charge is -2.19. The van der Waals surface area contributed by atoms with Crippen molar-refractivity contribution in [2.75, 3.05) is 7.11 Å². The van der Waals surface area contributed by atoms with E-state index in [9.17, 15) is 0 Å². The molecular formula is C12H16N2OS. The van der Waals surface area contributed by atoms with E-state index in [4.69, 9.17) is 4.74 Å². The van der Waals surface area contributed by atoms with E-state index in [1.807, 2.05) is 16.7 Å². The highest BCUT2D eigenvalue weighted by Crippen LogP contribution is 2.38. The second-order valence-corrected chi connectivity index (χ2v) is 6.48. The molecule has 0 aromatic carbocycles. The first-order chi connectivity index (χ1) is 7.49. The number of rotatable bonds is 2. The summed E-state index contributed by atoms with van der Waals surface area (Å²) in [7, 11) is 1.70. The van der Waals surface area contributed by atoms with Crippen LogP contribution in [0, 0.1) is 0 Å². The van der Waals surface area contributed by atoms with Crippen LogP contribution in [-0.2, 0) is 0 Å². The van der Waals surface area contributed by atoms with Crippen LogP contribution >= 0.6 is 11.8 Å².